The molecule has 7 heteroatoms. The summed E-state index contributed by atoms with van der Waals surface area (Å²) in [6.07, 6.45) is 0.369. The highest BCUT2D eigenvalue weighted by Crippen LogP contribution is 2.27. The lowest BCUT2D eigenvalue weighted by Gasteiger charge is -2.12. The Morgan fingerprint density at radius 2 is 1.69 bits per heavy atom. The number of carbonyl (C=O) groups excluding carboxylic acids is 1. The normalized spacial score (nSPS) is 10.9. The molecule has 0 bridgehead atoms. The fourth-order valence-electron chi connectivity index (χ4n) is 2.67. The summed E-state index contributed by atoms with van der Waals surface area (Å²) >= 11 is 0. The monoisotopic (exact) mass is 398 g/mol. The highest BCUT2D eigenvalue weighted by atomic mass is 16.5. The zero-order valence-corrected chi connectivity index (χ0v) is 17.3. The summed E-state index contributed by atoms with van der Waals surface area (Å²) in [7, 11) is 3.22. The van der Waals surface area contributed by atoms with E-state index in [1.807, 2.05) is 55.5 Å². The van der Waals surface area contributed by atoms with Crippen LogP contribution in [0.4, 0.5) is 0 Å². The van der Waals surface area contributed by atoms with Crippen LogP contribution in [0.25, 0.3) is 0 Å². The largest absolute Gasteiger partial charge is 0.493 e. The third-order valence-corrected chi connectivity index (χ3v) is 4.19. The van der Waals surface area contributed by atoms with Gasteiger partial charge in [0.05, 0.1) is 20.8 Å². The lowest BCUT2D eigenvalue weighted by Crippen LogP contribution is -2.39. The number of rotatable bonds is 10. The number of nitrogens with zero attached hydrogens (tertiary/aromatic N) is 1. The van der Waals surface area contributed by atoms with Crippen LogP contribution in [0.5, 0.6) is 11.5 Å². The van der Waals surface area contributed by atoms with Crippen molar-refractivity contribution in [1.82, 2.24) is 16.0 Å². The van der Waals surface area contributed by atoms with Crippen LogP contribution in [0.2, 0.25) is 0 Å². The fraction of sp³-hybridized carbons (Fsp3) is 0.364. The van der Waals surface area contributed by atoms with Gasteiger partial charge in [-0.25, -0.2) is 4.99 Å². The molecule has 7 nitrogen and oxygen atoms in total. The van der Waals surface area contributed by atoms with E-state index in [1.54, 1.807) is 14.2 Å². The first kappa shape index (κ1) is 22.1. The summed E-state index contributed by atoms with van der Waals surface area (Å²) in [5.41, 5.74) is 2.08. The lowest BCUT2D eigenvalue weighted by atomic mass is 10.2. The topological polar surface area (TPSA) is 84.0 Å². The van der Waals surface area contributed by atoms with Crippen molar-refractivity contribution in [2.45, 2.75) is 26.4 Å². The number of hydrogen-bond donors (Lipinski definition) is 3. The molecule has 0 aliphatic heterocycles. The first-order valence-corrected chi connectivity index (χ1v) is 9.70. The molecule has 1 amide bonds. The molecule has 0 spiro atoms. The maximum Gasteiger partial charge on any atom is 0.222 e. The molecule has 0 aromatic heterocycles. The average Bonchev–Trinajstić information content (AvgIpc) is 2.76. The van der Waals surface area contributed by atoms with E-state index in [2.05, 4.69) is 20.9 Å². The first-order chi connectivity index (χ1) is 14.2. The highest BCUT2D eigenvalue weighted by Gasteiger charge is 2.06. The second-order valence-electron chi connectivity index (χ2n) is 6.32. The molecule has 0 aliphatic rings. The van der Waals surface area contributed by atoms with Crippen molar-refractivity contribution >= 4 is 11.9 Å². The van der Waals surface area contributed by atoms with Crippen molar-refractivity contribution in [3.8, 4) is 11.5 Å². The van der Waals surface area contributed by atoms with E-state index in [4.69, 9.17) is 9.47 Å². The van der Waals surface area contributed by atoms with Gasteiger partial charge in [-0.15, -0.1) is 0 Å². The van der Waals surface area contributed by atoms with Crippen molar-refractivity contribution in [1.29, 1.82) is 0 Å². The smallest absolute Gasteiger partial charge is 0.222 e. The molecule has 0 saturated heterocycles. The summed E-state index contributed by atoms with van der Waals surface area (Å²) < 4.78 is 10.6. The Morgan fingerprint density at radius 1 is 0.931 bits per heavy atom. The maximum absolute atomic E-state index is 12.0. The minimum atomic E-state index is -0.00269. The number of hydrogen-bond acceptors (Lipinski definition) is 4. The van der Waals surface area contributed by atoms with E-state index in [1.165, 1.54) is 0 Å². The molecule has 0 saturated carbocycles. The summed E-state index contributed by atoms with van der Waals surface area (Å²) in [4.78, 5) is 16.6. The number of methoxy groups -OCH3 is 2. The number of ether oxygens (including phenoxy) is 2. The van der Waals surface area contributed by atoms with Crippen LogP contribution in [-0.4, -0.2) is 39.2 Å². The zero-order chi connectivity index (χ0) is 20.9. The van der Waals surface area contributed by atoms with E-state index >= 15 is 0 Å². The fourth-order valence-corrected chi connectivity index (χ4v) is 2.67. The molecule has 0 heterocycles. The number of carbonyl (C=O) groups is 1. The number of benzene rings is 2. The van der Waals surface area contributed by atoms with E-state index in [-0.39, 0.29) is 5.91 Å². The standard InChI is InChI=1S/C22H30N4O3/c1-4-23-22(26-16-18-10-11-19(28-2)20(14-18)29-3)24-13-12-21(27)25-15-17-8-6-5-7-9-17/h5-11,14H,4,12-13,15-16H2,1-3H3,(H,25,27)(H2,23,24,26). The first-order valence-electron chi connectivity index (χ1n) is 9.70. The van der Waals surface area contributed by atoms with Crippen LogP contribution in [-0.2, 0) is 17.9 Å². The van der Waals surface area contributed by atoms with E-state index < -0.39 is 0 Å². The molecule has 0 aliphatic carbocycles. The minimum absolute atomic E-state index is 0.00269. The Morgan fingerprint density at radius 3 is 2.38 bits per heavy atom. The van der Waals surface area contributed by atoms with Crippen molar-refractivity contribution in [2.24, 2.45) is 4.99 Å². The minimum Gasteiger partial charge on any atom is -0.493 e. The summed E-state index contributed by atoms with van der Waals surface area (Å²) in [5, 5.41) is 9.30. The van der Waals surface area contributed by atoms with Crippen molar-refractivity contribution in [3.05, 3.63) is 59.7 Å². The van der Waals surface area contributed by atoms with Crippen LogP contribution < -0.4 is 25.4 Å². The van der Waals surface area contributed by atoms with Crippen molar-refractivity contribution in [3.63, 3.8) is 0 Å². The predicted octanol–water partition coefficient (Wildman–Crippen LogP) is 2.47. The van der Waals surface area contributed by atoms with Gasteiger partial charge in [-0.2, -0.15) is 0 Å². The molecule has 0 unspecified atom stereocenters. The Kier molecular flexibility index (Phi) is 9.35. The number of amides is 1. The molecule has 2 aromatic carbocycles. The van der Waals surface area contributed by atoms with Crippen LogP contribution >= 0.6 is 0 Å². The van der Waals surface area contributed by atoms with E-state index in [0.29, 0.717) is 43.5 Å². The highest BCUT2D eigenvalue weighted by molar-refractivity contribution is 5.81. The SMILES string of the molecule is CCNC(=NCc1ccc(OC)c(OC)c1)NCCC(=O)NCc1ccccc1. The van der Waals surface area contributed by atoms with Gasteiger partial charge in [0, 0.05) is 26.1 Å². The Bertz CT molecular complexity index is 794. The molecule has 0 radical (unpaired) electrons. The van der Waals surface area contributed by atoms with Gasteiger partial charge in [-0.05, 0) is 30.2 Å². The molecular formula is C22H30N4O3. The van der Waals surface area contributed by atoms with Crippen molar-refractivity contribution in [2.75, 3.05) is 27.3 Å². The van der Waals surface area contributed by atoms with Crippen LogP contribution in [0, 0.1) is 0 Å². The third kappa shape index (κ3) is 7.73. The predicted molar refractivity (Wildman–Crippen MR) is 115 cm³/mol. The molecule has 156 valence electrons. The second-order valence-corrected chi connectivity index (χ2v) is 6.32. The molecule has 29 heavy (non-hydrogen) atoms. The average molecular weight is 399 g/mol. The summed E-state index contributed by atoms with van der Waals surface area (Å²) in [5.74, 6) is 2.02. The maximum atomic E-state index is 12.0. The molecule has 2 aromatic rings. The second kappa shape index (κ2) is 12.3. The van der Waals surface area contributed by atoms with E-state index in [9.17, 15) is 4.79 Å². The number of guanidine groups is 1. The quantitative estimate of drug-likeness (QED) is 0.423. The molecule has 3 N–H and O–H groups in total. The van der Waals surface area contributed by atoms with Gasteiger partial charge in [0.2, 0.25) is 5.91 Å². The van der Waals surface area contributed by atoms with Gasteiger partial charge >= 0.3 is 0 Å². The molecule has 0 fully saturated rings. The molecular weight excluding hydrogens is 368 g/mol. The Balaban J connectivity index is 1.82. The van der Waals surface area contributed by atoms with E-state index in [0.717, 1.165) is 17.7 Å². The van der Waals surface area contributed by atoms with Gasteiger partial charge in [0.25, 0.3) is 0 Å². The number of aliphatic imine (C=N–C) groups is 1. The van der Waals surface area contributed by atoms with Gasteiger partial charge in [0.1, 0.15) is 0 Å². The van der Waals surface area contributed by atoms with Crippen LogP contribution in [0.1, 0.15) is 24.5 Å². The van der Waals surface area contributed by atoms with Gasteiger partial charge in [-0.3, -0.25) is 4.79 Å². The summed E-state index contributed by atoms with van der Waals surface area (Å²) in [6.45, 7) is 4.25. The molecule has 0 atom stereocenters. The lowest BCUT2D eigenvalue weighted by molar-refractivity contribution is -0.121. The van der Waals surface area contributed by atoms with Crippen LogP contribution in [0.3, 0.4) is 0 Å². The third-order valence-electron chi connectivity index (χ3n) is 4.19. The van der Waals surface area contributed by atoms with Gasteiger partial charge in [0.15, 0.2) is 17.5 Å². The Labute approximate surface area is 172 Å². The van der Waals surface area contributed by atoms with Gasteiger partial charge < -0.3 is 25.4 Å². The Hall–Kier alpha value is -3.22. The number of nitrogens with one attached hydrogen (secondary N) is 3. The summed E-state index contributed by atoms with van der Waals surface area (Å²) in [6, 6.07) is 15.6. The van der Waals surface area contributed by atoms with Gasteiger partial charge in [-0.1, -0.05) is 36.4 Å². The molecule has 2 rings (SSSR count). The zero-order valence-electron chi connectivity index (χ0n) is 17.3. The van der Waals surface area contributed by atoms with Crippen molar-refractivity contribution < 1.29 is 14.3 Å². The van der Waals surface area contributed by atoms with Crippen LogP contribution in [0.15, 0.2) is 53.5 Å².